The molecule has 1 aromatic rings. The first kappa shape index (κ1) is 14.2. The highest BCUT2D eigenvalue weighted by Gasteiger charge is 2.16. The topological polar surface area (TPSA) is 66.8 Å². The normalized spacial score (nSPS) is 10.1. The highest BCUT2D eigenvalue weighted by molar-refractivity contribution is 5.94. The molecule has 0 radical (unpaired) electrons. The van der Waals surface area contributed by atoms with E-state index in [1.807, 2.05) is 25.1 Å². The van der Waals surface area contributed by atoms with Gasteiger partial charge in [-0.05, 0) is 24.6 Å². The average Bonchev–Trinajstić information content (AvgIpc) is 2.29. The summed E-state index contributed by atoms with van der Waals surface area (Å²) in [6.45, 7) is 1.99. The van der Waals surface area contributed by atoms with Crippen LogP contribution >= 0.6 is 0 Å². The molecule has 0 aliphatic heterocycles. The van der Waals surface area contributed by atoms with Gasteiger partial charge in [-0.2, -0.15) is 0 Å². The maximum absolute atomic E-state index is 11.9. The van der Waals surface area contributed by atoms with Crippen LogP contribution in [0.25, 0.3) is 0 Å². The fraction of sp³-hybridized carbons (Fsp3) is 0.385. The standard InChI is InChI=1S/C13H17NO4/c1-10-4-3-5-11(8-10)14(7-6-13(16)17)12(15)9-18-2/h3-5,8H,6-7,9H2,1-2H3,(H,16,17). The number of carboxylic acids is 1. The SMILES string of the molecule is COCC(=O)N(CCC(=O)O)c1cccc(C)c1. The average molecular weight is 251 g/mol. The van der Waals surface area contributed by atoms with Gasteiger partial charge in [0, 0.05) is 19.3 Å². The molecule has 0 bridgehead atoms. The monoisotopic (exact) mass is 251 g/mol. The first-order valence-electron chi connectivity index (χ1n) is 5.62. The predicted molar refractivity (Wildman–Crippen MR) is 67.7 cm³/mol. The summed E-state index contributed by atoms with van der Waals surface area (Å²) in [4.78, 5) is 23.9. The second-order valence-corrected chi connectivity index (χ2v) is 3.96. The summed E-state index contributed by atoms with van der Waals surface area (Å²) in [5, 5.41) is 8.71. The van der Waals surface area contributed by atoms with Gasteiger partial charge in [0.05, 0.1) is 6.42 Å². The van der Waals surface area contributed by atoms with Gasteiger partial charge in [-0.3, -0.25) is 9.59 Å². The van der Waals surface area contributed by atoms with Gasteiger partial charge in [0.1, 0.15) is 6.61 Å². The minimum atomic E-state index is -0.933. The highest BCUT2D eigenvalue weighted by Crippen LogP contribution is 2.16. The van der Waals surface area contributed by atoms with E-state index >= 15 is 0 Å². The lowest BCUT2D eigenvalue weighted by Gasteiger charge is -2.22. The van der Waals surface area contributed by atoms with Gasteiger partial charge in [0.15, 0.2) is 0 Å². The van der Waals surface area contributed by atoms with Gasteiger partial charge < -0.3 is 14.7 Å². The quantitative estimate of drug-likeness (QED) is 0.831. The molecule has 1 amide bonds. The van der Waals surface area contributed by atoms with Crippen molar-refractivity contribution in [2.75, 3.05) is 25.2 Å². The molecule has 0 fully saturated rings. The van der Waals surface area contributed by atoms with Crippen LogP contribution in [0.3, 0.4) is 0 Å². The van der Waals surface area contributed by atoms with Gasteiger partial charge in [-0.1, -0.05) is 12.1 Å². The van der Waals surface area contributed by atoms with E-state index in [0.717, 1.165) is 5.56 Å². The number of nitrogens with zero attached hydrogens (tertiary/aromatic N) is 1. The van der Waals surface area contributed by atoms with Crippen LogP contribution < -0.4 is 4.90 Å². The summed E-state index contributed by atoms with van der Waals surface area (Å²) in [6.07, 6.45) is -0.0939. The van der Waals surface area contributed by atoms with E-state index in [0.29, 0.717) is 5.69 Å². The molecule has 0 atom stereocenters. The summed E-state index contributed by atoms with van der Waals surface area (Å²) >= 11 is 0. The number of aliphatic carboxylic acids is 1. The van der Waals surface area contributed by atoms with Crippen LogP contribution in [0.5, 0.6) is 0 Å². The summed E-state index contributed by atoms with van der Waals surface area (Å²) in [7, 11) is 1.43. The third-order valence-corrected chi connectivity index (χ3v) is 2.43. The molecule has 0 aliphatic carbocycles. The zero-order chi connectivity index (χ0) is 13.5. The number of amides is 1. The van der Waals surface area contributed by atoms with Gasteiger partial charge in [0.25, 0.3) is 5.91 Å². The van der Waals surface area contributed by atoms with Crippen molar-refractivity contribution in [3.8, 4) is 0 Å². The van der Waals surface area contributed by atoms with E-state index in [9.17, 15) is 9.59 Å². The van der Waals surface area contributed by atoms with Gasteiger partial charge >= 0.3 is 5.97 Å². The summed E-state index contributed by atoms with van der Waals surface area (Å²) in [5.41, 5.74) is 1.70. The smallest absolute Gasteiger partial charge is 0.305 e. The number of carbonyl (C=O) groups excluding carboxylic acids is 1. The van der Waals surface area contributed by atoms with Crippen molar-refractivity contribution in [3.05, 3.63) is 29.8 Å². The van der Waals surface area contributed by atoms with Crippen molar-refractivity contribution in [2.24, 2.45) is 0 Å². The lowest BCUT2D eigenvalue weighted by atomic mass is 10.2. The molecular formula is C13H17NO4. The number of methoxy groups -OCH3 is 1. The fourth-order valence-corrected chi connectivity index (χ4v) is 1.60. The number of hydrogen-bond donors (Lipinski definition) is 1. The van der Waals surface area contributed by atoms with E-state index < -0.39 is 5.97 Å². The molecule has 0 saturated carbocycles. The van der Waals surface area contributed by atoms with Crippen molar-refractivity contribution in [1.29, 1.82) is 0 Å². The first-order valence-corrected chi connectivity index (χ1v) is 5.62. The van der Waals surface area contributed by atoms with E-state index in [1.165, 1.54) is 12.0 Å². The van der Waals surface area contributed by atoms with E-state index in [-0.39, 0.29) is 25.5 Å². The Morgan fingerprint density at radius 3 is 2.67 bits per heavy atom. The number of aryl methyl sites for hydroxylation is 1. The molecule has 5 heteroatoms. The van der Waals surface area contributed by atoms with Crippen molar-refractivity contribution in [2.45, 2.75) is 13.3 Å². The fourth-order valence-electron chi connectivity index (χ4n) is 1.60. The Morgan fingerprint density at radius 1 is 1.39 bits per heavy atom. The highest BCUT2D eigenvalue weighted by atomic mass is 16.5. The lowest BCUT2D eigenvalue weighted by Crippen LogP contribution is -2.35. The third-order valence-electron chi connectivity index (χ3n) is 2.43. The molecule has 0 spiro atoms. The Bertz CT molecular complexity index is 431. The molecule has 18 heavy (non-hydrogen) atoms. The second kappa shape index (κ2) is 6.76. The molecule has 0 aromatic heterocycles. The Hall–Kier alpha value is -1.88. The minimum Gasteiger partial charge on any atom is -0.481 e. The maximum atomic E-state index is 11.9. The maximum Gasteiger partial charge on any atom is 0.305 e. The van der Waals surface area contributed by atoms with Crippen molar-refractivity contribution >= 4 is 17.6 Å². The molecule has 1 aromatic carbocycles. The number of benzene rings is 1. The first-order chi connectivity index (χ1) is 8.54. The Morgan fingerprint density at radius 2 is 2.11 bits per heavy atom. The summed E-state index contributed by atoms with van der Waals surface area (Å²) in [6, 6.07) is 7.37. The number of carboxylic acid groups (broad SMARTS) is 1. The van der Waals surface area contributed by atoms with Crippen molar-refractivity contribution in [3.63, 3.8) is 0 Å². The molecule has 1 N–H and O–H groups in total. The molecule has 5 nitrogen and oxygen atoms in total. The van der Waals surface area contributed by atoms with E-state index in [4.69, 9.17) is 9.84 Å². The second-order valence-electron chi connectivity index (χ2n) is 3.96. The molecule has 1 rings (SSSR count). The molecule has 0 saturated heterocycles. The predicted octanol–water partition coefficient (Wildman–Crippen LogP) is 1.45. The number of ether oxygens (including phenoxy) is 1. The number of carbonyl (C=O) groups is 2. The van der Waals surface area contributed by atoms with Gasteiger partial charge in [-0.15, -0.1) is 0 Å². The zero-order valence-electron chi connectivity index (χ0n) is 10.5. The number of rotatable bonds is 6. The zero-order valence-corrected chi connectivity index (χ0v) is 10.5. The van der Waals surface area contributed by atoms with Crippen LogP contribution in [-0.2, 0) is 14.3 Å². The van der Waals surface area contributed by atoms with Crippen molar-refractivity contribution in [1.82, 2.24) is 0 Å². The third kappa shape index (κ3) is 4.18. The summed E-state index contributed by atoms with van der Waals surface area (Å²) in [5.74, 6) is -1.18. The van der Waals surface area contributed by atoms with Crippen LogP contribution in [0.2, 0.25) is 0 Å². The van der Waals surface area contributed by atoms with E-state index in [1.54, 1.807) is 6.07 Å². The lowest BCUT2D eigenvalue weighted by molar-refractivity contribution is -0.136. The Labute approximate surface area is 106 Å². The van der Waals surface area contributed by atoms with E-state index in [2.05, 4.69) is 0 Å². The molecule has 0 heterocycles. The molecule has 0 aliphatic rings. The Balaban J connectivity index is 2.88. The summed E-state index contributed by atoms with van der Waals surface area (Å²) < 4.78 is 4.80. The van der Waals surface area contributed by atoms with Crippen LogP contribution in [0.15, 0.2) is 24.3 Å². The van der Waals surface area contributed by atoms with Gasteiger partial charge in [-0.25, -0.2) is 0 Å². The van der Waals surface area contributed by atoms with Crippen LogP contribution in [-0.4, -0.2) is 37.2 Å². The molecular weight excluding hydrogens is 234 g/mol. The number of anilines is 1. The minimum absolute atomic E-state index is 0.0619. The largest absolute Gasteiger partial charge is 0.481 e. The Kier molecular flexibility index (Phi) is 5.32. The van der Waals surface area contributed by atoms with Crippen LogP contribution in [0.1, 0.15) is 12.0 Å². The molecule has 98 valence electrons. The number of hydrogen-bond acceptors (Lipinski definition) is 3. The molecule has 0 unspecified atom stereocenters. The van der Waals surface area contributed by atoms with Crippen LogP contribution in [0, 0.1) is 6.92 Å². The van der Waals surface area contributed by atoms with Gasteiger partial charge in [0.2, 0.25) is 0 Å². The van der Waals surface area contributed by atoms with Crippen LogP contribution in [0.4, 0.5) is 5.69 Å². The van der Waals surface area contributed by atoms with Crippen molar-refractivity contribution < 1.29 is 19.4 Å².